The lowest BCUT2D eigenvalue weighted by Crippen LogP contribution is -2.35. The van der Waals surface area contributed by atoms with E-state index >= 15 is 0 Å². The lowest BCUT2D eigenvalue weighted by atomic mass is 9.94. The molecule has 1 aliphatic heterocycles. The number of nitrogens with one attached hydrogen (secondary N) is 1. The lowest BCUT2D eigenvalue weighted by molar-refractivity contribution is -0.149. The Hall–Kier alpha value is -1.40. The standard InChI is InChI=1S/C15H26N4O2/c1-12-11-18(2)17-14(12)4-7-16-15(20)10-13-5-8-19(21-3)9-6-13/h11,13H,4-10H2,1-3H3,(H,16,20). The van der Waals surface area contributed by atoms with Gasteiger partial charge in [0.1, 0.15) is 0 Å². The van der Waals surface area contributed by atoms with Crippen LogP contribution in [0, 0.1) is 12.8 Å². The minimum Gasteiger partial charge on any atom is -0.356 e. The number of hydrogen-bond donors (Lipinski definition) is 1. The van der Waals surface area contributed by atoms with Gasteiger partial charge in [0, 0.05) is 45.7 Å². The molecule has 0 saturated carbocycles. The smallest absolute Gasteiger partial charge is 0.220 e. The van der Waals surface area contributed by atoms with Gasteiger partial charge in [-0.15, -0.1) is 0 Å². The van der Waals surface area contributed by atoms with Gasteiger partial charge in [-0.2, -0.15) is 10.2 Å². The Bertz CT molecular complexity index is 464. The Morgan fingerprint density at radius 2 is 2.19 bits per heavy atom. The van der Waals surface area contributed by atoms with Crippen LogP contribution in [0.1, 0.15) is 30.5 Å². The first kappa shape index (κ1) is 16.0. The van der Waals surface area contributed by atoms with Crippen LogP contribution in [0.4, 0.5) is 0 Å². The zero-order valence-corrected chi connectivity index (χ0v) is 13.3. The molecular weight excluding hydrogens is 268 g/mol. The van der Waals surface area contributed by atoms with Crippen molar-refractivity contribution in [2.45, 2.75) is 32.6 Å². The number of rotatable bonds is 6. The van der Waals surface area contributed by atoms with Crippen molar-refractivity contribution in [3.8, 4) is 0 Å². The molecule has 2 heterocycles. The van der Waals surface area contributed by atoms with Crippen LogP contribution in [-0.4, -0.2) is 47.5 Å². The molecule has 0 radical (unpaired) electrons. The number of nitrogens with zero attached hydrogens (tertiary/aromatic N) is 3. The molecule has 1 N–H and O–H groups in total. The van der Waals surface area contributed by atoms with Crippen molar-refractivity contribution in [3.05, 3.63) is 17.5 Å². The van der Waals surface area contributed by atoms with Gasteiger partial charge in [0.2, 0.25) is 5.91 Å². The second-order valence-electron chi connectivity index (χ2n) is 5.79. The first-order valence-corrected chi connectivity index (χ1v) is 7.63. The molecule has 1 amide bonds. The van der Waals surface area contributed by atoms with Crippen LogP contribution in [-0.2, 0) is 23.1 Å². The fourth-order valence-electron chi connectivity index (χ4n) is 2.85. The number of piperidine rings is 1. The highest BCUT2D eigenvalue weighted by Crippen LogP contribution is 2.20. The quantitative estimate of drug-likeness (QED) is 0.852. The van der Waals surface area contributed by atoms with Crippen LogP contribution in [0.5, 0.6) is 0 Å². The van der Waals surface area contributed by atoms with Gasteiger partial charge in [-0.05, 0) is 31.2 Å². The van der Waals surface area contributed by atoms with E-state index in [0.717, 1.165) is 38.0 Å². The topological polar surface area (TPSA) is 59.4 Å². The third-order valence-corrected chi connectivity index (χ3v) is 4.10. The maximum Gasteiger partial charge on any atom is 0.220 e. The van der Waals surface area contributed by atoms with Gasteiger partial charge < -0.3 is 10.2 Å². The van der Waals surface area contributed by atoms with Crippen molar-refractivity contribution in [1.29, 1.82) is 0 Å². The molecule has 1 saturated heterocycles. The van der Waals surface area contributed by atoms with Crippen LogP contribution in [0.3, 0.4) is 0 Å². The molecular formula is C15H26N4O2. The van der Waals surface area contributed by atoms with Crippen molar-refractivity contribution in [1.82, 2.24) is 20.2 Å². The van der Waals surface area contributed by atoms with Crippen molar-refractivity contribution >= 4 is 5.91 Å². The molecule has 1 aromatic heterocycles. The van der Waals surface area contributed by atoms with Crippen LogP contribution in [0.15, 0.2) is 6.20 Å². The Labute approximate surface area is 126 Å². The fraction of sp³-hybridized carbons (Fsp3) is 0.733. The summed E-state index contributed by atoms with van der Waals surface area (Å²) >= 11 is 0. The molecule has 2 rings (SSSR count). The molecule has 0 aromatic carbocycles. The van der Waals surface area contributed by atoms with Crippen molar-refractivity contribution < 1.29 is 9.63 Å². The molecule has 0 spiro atoms. The molecule has 1 aliphatic rings. The summed E-state index contributed by atoms with van der Waals surface area (Å²) in [4.78, 5) is 17.2. The summed E-state index contributed by atoms with van der Waals surface area (Å²) in [6.45, 7) is 4.55. The Kier molecular flexibility index (Phi) is 5.76. The summed E-state index contributed by atoms with van der Waals surface area (Å²) in [6.07, 6.45) is 5.47. The minimum absolute atomic E-state index is 0.152. The monoisotopic (exact) mass is 294 g/mol. The highest BCUT2D eigenvalue weighted by atomic mass is 16.7. The maximum atomic E-state index is 12.0. The van der Waals surface area contributed by atoms with Gasteiger partial charge in [-0.1, -0.05) is 0 Å². The summed E-state index contributed by atoms with van der Waals surface area (Å²) in [5.74, 6) is 0.632. The average Bonchev–Trinajstić information content (AvgIpc) is 2.78. The SMILES string of the molecule is CON1CCC(CC(=O)NCCc2nn(C)cc2C)CC1. The second-order valence-corrected chi connectivity index (χ2v) is 5.79. The third-order valence-electron chi connectivity index (χ3n) is 4.10. The van der Waals surface area contributed by atoms with Gasteiger partial charge in [0.05, 0.1) is 12.8 Å². The van der Waals surface area contributed by atoms with E-state index in [-0.39, 0.29) is 5.91 Å². The predicted octanol–water partition coefficient (Wildman–Crippen LogP) is 1.05. The van der Waals surface area contributed by atoms with E-state index in [1.54, 1.807) is 7.11 Å². The van der Waals surface area contributed by atoms with Gasteiger partial charge in [-0.3, -0.25) is 9.48 Å². The van der Waals surface area contributed by atoms with E-state index in [2.05, 4.69) is 10.4 Å². The lowest BCUT2D eigenvalue weighted by Gasteiger charge is -2.29. The van der Waals surface area contributed by atoms with Crippen molar-refractivity contribution in [2.75, 3.05) is 26.7 Å². The van der Waals surface area contributed by atoms with Crippen LogP contribution < -0.4 is 5.32 Å². The molecule has 6 nitrogen and oxygen atoms in total. The number of carbonyl (C=O) groups is 1. The Morgan fingerprint density at radius 3 is 2.76 bits per heavy atom. The average molecular weight is 294 g/mol. The first-order valence-electron chi connectivity index (χ1n) is 7.63. The summed E-state index contributed by atoms with van der Waals surface area (Å²) < 4.78 is 1.82. The van der Waals surface area contributed by atoms with Crippen molar-refractivity contribution in [2.24, 2.45) is 13.0 Å². The third kappa shape index (κ3) is 4.82. The predicted molar refractivity (Wildman–Crippen MR) is 80.6 cm³/mol. The molecule has 0 unspecified atom stereocenters. The van der Waals surface area contributed by atoms with Gasteiger partial charge in [-0.25, -0.2) is 0 Å². The van der Waals surface area contributed by atoms with E-state index in [0.29, 0.717) is 18.9 Å². The van der Waals surface area contributed by atoms with E-state index in [1.165, 1.54) is 5.56 Å². The zero-order valence-electron chi connectivity index (χ0n) is 13.3. The summed E-state index contributed by atoms with van der Waals surface area (Å²) in [5.41, 5.74) is 2.24. The fourth-order valence-corrected chi connectivity index (χ4v) is 2.85. The number of hydroxylamine groups is 2. The van der Waals surface area contributed by atoms with Crippen LogP contribution >= 0.6 is 0 Å². The van der Waals surface area contributed by atoms with Gasteiger partial charge >= 0.3 is 0 Å². The molecule has 1 aromatic rings. The number of hydrogen-bond acceptors (Lipinski definition) is 4. The highest BCUT2D eigenvalue weighted by Gasteiger charge is 2.21. The summed E-state index contributed by atoms with van der Waals surface area (Å²) in [6, 6.07) is 0. The van der Waals surface area contributed by atoms with Crippen molar-refractivity contribution in [3.63, 3.8) is 0 Å². The second kappa shape index (κ2) is 7.56. The molecule has 118 valence electrons. The maximum absolute atomic E-state index is 12.0. The number of amides is 1. The molecule has 21 heavy (non-hydrogen) atoms. The van der Waals surface area contributed by atoms with Crippen LogP contribution in [0.2, 0.25) is 0 Å². The zero-order chi connectivity index (χ0) is 15.2. The van der Waals surface area contributed by atoms with E-state index in [4.69, 9.17) is 4.84 Å². The molecule has 6 heteroatoms. The molecule has 1 fully saturated rings. The van der Waals surface area contributed by atoms with E-state index in [9.17, 15) is 4.79 Å². The molecule has 0 atom stereocenters. The van der Waals surface area contributed by atoms with E-state index < -0.39 is 0 Å². The Morgan fingerprint density at radius 1 is 1.48 bits per heavy atom. The summed E-state index contributed by atoms with van der Waals surface area (Å²) in [7, 11) is 3.62. The van der Waals surface area contributed by atoms with Gasteiger partial charge in [0.25, 0.3) is 0 Å². The first-order chi connectivity index (χ1) is 10.1. The molecule has 0 bridgehead atoms. The number of aromatic nitrogens is 2. The van der Waals surface area contributed by atoms with E-state index in [1.807, 2.05) is 29.9 Å². The largest absolute Gasteiger partial charge is 0.356 e. The van der Waals surface area contributed by atoms with Gasteiger partial charge in [0.15, 0.2) is 0 Å². The molecule has 0 aliphatic carbocycles. The Balaban J connectivity index is 1.65. The normalized spacial score (nSPS) is 17.1. The summed E-state index contributed by atoms with van der Waals surface area (Å²) in [5, 5.41) is 9.35. The number of aryl methyl sites for hydroxylation is 2. The number of carbonyl (C=O) groups excluding carboxylic acids is 1. The van der Waals surface area contributed by atoms with Crippen LogP contribution in [0.25, 0.3) is 0 Å². The highest BCUT2D eigenvalue weighted by molar-refractivity contribution is 5.76. The minimum atomic E-state index is 0.152.